The van der Waals surface area contributed by atoms with Gasteiger partial charge in [-0.25, -0.2) is 4.79 Å². The molecule has 6 aliphatic rings. The molecule has 25 nitrogen and oxygen atoms in total. The highest BCUT2D eigenvalue weighted by molar-refractivity contribution is 6.11. The summed E-state index contributed by atoms with van der Waals surface area (Å²) in [5.41, 5.74) is -0.731. The lowest BCUT2D eigenvalue weighted by Gasteiger charge is -2.46. The molecule has 10 N–H and O–H groups in total. The van der Waals surface area contributed by atoms with Crippen molar-refractivity contribution in [1.82, 2.24) is 5.32 Å². The molecule has 5 fully saturated rings. The number of esters is 1. The van der Waals surface area contributed by atoms with Crippen LogP contribution < -0.4 is 10.1 Å². The summed E-state index contributed by atoms with van der Waals surface area (Å²) in [6, 6.07) is 10.8. The van der Waals surface area contributed by atoms with Gasteiger partial charge in [0.1, 0.15) is 66.0 Å². The number of fused-ring (bicyclic) bond motifs is 2. The van der Waals surface area contributed by atoms with Crippen LogP contribution in [0.1, 0.15) is 101 Å². The highest BCUT2D eigenvalue weighted by atomic mass is 16.7. The second-order valence-electron chi connectivity index (χ2n) is 23.4. The van der Waals surface area contributed by atoms with Crippen LogP contribution in [0.3, 0.4) is 0 Å². The monoisotopic (exact) mass is 1190 g/mol. The largest absolute Gasteiger partial charge is 0.507 e. The van der Waals surface area contributed by atoms with Crippen LogP contribution in [-0.2, 0) is 74.5 Å². The number of aliphatic hydroxyl groups excluding tert-OH is 6. The van der Waals surface area contributed by atoms with Crippen LogP contribution in [0.15, 0.2) is 42.5 Å². The zero-order valence-electron chi connectivity index (χ0n) is 48.4. The van der Waals surface area contributed by atoms with Crippen LogP contribution in [0.2, 0.25) is 0 Å². The Bertz CT molecular complexity index is 2780. The van der Waals surface area contributed by atoms with E-state index in [-0.39, 0.29) is 78.2 Å². The third-order valence-electron chi connectivity index (χ3n) is 17.2. The minimum Gasteiger partial charge on any atom is -0.507 e. The average Bonchev–Trinajstić information content (AvgIpc) is 1.35. The molecule has 0 spiro atoms. The van der Waals surface area contributed by atoms with Crippen molar-refractivity contribution >= 4 is 28.4 Å². The molecule has 466 valence electrons. The normalized spacial score (nSPS) is 39.0. The number of carbonyl (C=O) groups is 3. The number of Topliss-reactive ketones (excluding diaryl/α,β-unsaturated/α-hetero) is 1. The van der Waals surface area contributed by atoms with Gasteiger partial charge in [-0.1, -0.05) is 30.3 Å². The first kappa shape index (κ1) is 63.7. The van der Waals surface area contributed by atoms with E-state index in [4.69, 9.17) is 56.8 Å². The number of amides is 1. The highest BCUT2D eigenvalue weighted by Gasteiger charge is 2.51. The maximum Gasteiger partial charge on any atom is 0.328 e. The van der Waals surface area contributed by atoms with Gasteiger partial charge in [0.15, 0.2) is 30.9 Å². The summed E-state index contributed by atoms with van der Waals surface area (Å²) in [5.74, 6) is -4.59. The summed E-state index contributed by atoms with van der Waals surface area (Å²) in [4.78, 5) is 43.3. The van der Waals surface area contributed by atoms with Gasteiger partial charge in [-0.2, -0.15) is 0 Å². The molecule has 84 heavy (non-hydrogen) atoms. The number of rotatable bonds is 17. The van der Waals surface area contributed by atoms with Crippen LogP contribution >= 0.6 is 0 Å². The Balaban J connectivity index is 0.996. The van der Waals surface area contributed by atoms with E-state index >= 15 is 4.79 Å². The lowest BCUT2D eigenvalue weighted by molar-refractivity contribution is -0.334. The number of ketones is 1. The first-order valence-electron chi connectivity index (χ1n) is 28.6. The molecule has 24 atom stereocenters. The van der Waals surface area contributed by atoms with E-state index in [1.54, 1.807) is 71.0 Å². The number of carbonyl (C=O) groups excluding carboxylic acids is 3. The Morgan fingerprint density at radius 1 is 0.690 bits per heavy atom. The van der Waals surface area contributed by atoms with Crippen molar-refractivity contribution in [2.75, 3.05) is 14.2 Å². The van der Waals surface area contributed by atoms with Gasteiger partial charge in [-0.3, -0.25) is 9.59 Å². The minimum atomic E-state index is -1.65. The fraction of sp³-hybridized carbons (Fsp3) is 0.678. The summed E-state index contributed by atoms with van der Waals surface area (Å²) >= 11 is 0. The van der Waals surface area contributed by atoms with Crippen molar-refractivity contribution in [3.63, 3.8) is 0 Å². The van der Waals surface area contributed by atoms with E-state index in [0.29, 0.717) is 5.56 Å². The molecule has 0 aromatic heterocycles. The number of aliphatic hydroxyl groups is 7. The number of phenolic OH excluding ortho intramolecular Hbond substituents is 2. The Labute approximate surface area is 485 Å². The van der Waals surface area contributed by atoms with Gasteiger partial charge in [0.2, 0.25) is 12.2 Å². The van der Waals surface area contributed by atoms with Crippen molar-refractivity contribution < 1.29 is 117 Å². The Morgan fingerprint density at radius 3 is 1.77 bits per heavy atom. The molecule has 0 saturated carbocycles. The smallest absolute Gasteiger partial charge is 0.328 e. The van der Waals surface area contributed by atoms with E-state index in [9.17, 15) is 55.5 Å². The lowest BCUT2D eigenvalue weighted by atomic mass is 9.76. The van der Waals surface area contributed by atoms with Crippen molar-refractivity contribution in [3.05, 3.63) is 64.7 Å². The number of benzene rings is 3. The van der Waals surface area contributed by atoms with E-state index < -0.39 is 176 Å². The van der Waals surface area contributed by atoms with Gasteiger partial charge in [-0.05, 0) is 83.5 Å². The molecule has 1 amide bonds. The third kappa shape index (κ3) is 13.5. The SMILES string of the molecule is COC(=O)[C@H](Cc1ccccc1)NC(=O)[C@@H](OC)[C@@H]1Cc2cc3cc(O[C@H]4C[C@@H](O[C@H]5C[C@@H](O)[C@H](O)[C@@H](C)O5)[C@H](O)[C@@H](C)O4)c(C)c(O)c3c(O)c2C(=O)[C@H]1O[C@H]1C[C@@H](O[C@H]2C[C@@H](O[C@H]3C[C@](C)(O)[C@H](O)[C@@H](C)O3)[C@@H](O)[C@@H](C)O2)[C@H](O)[C@@H](C)O1. The van der Waals surface area contributed by atoms with E-state index in [2.05, 4.69) is 5.32 Å². The number of ether oxygens (including phenoxy) is 12. The molecule has 5 saturated heterocycles. The molecule has 25 heteroatoms. The van der Waals surface area contributed by atoms with Gasteiger partial charge < -0.3 is 108 Å². The van der Waals surface area contributed by atoms with Crippen LogP contribution in [0.25, 0.3) is 10.8 Å². The summed E-state index contributed by atoms with van der Waals surface area (Å²) in [6.45, 7) is 10.9. The summed E-state index contributed by atoms with van der Waals surface area (Å²) in [7, 11) is 2.43. The molecule has 3 aromatic rings. The van der Waals surface area contributed by atoms with Gasteiger partial charge in [0.05, 0.1) is 78.6 Å². The van der Waals surface area contributed by atoms with Gasteiger partial charge >= 0.3 is 5.97 Å². The Kier molecular flexibility index (Phi) is 20.0. The third-order valence-corrected chi connectivity index (χ3v) is 17.2. The van der Waals surface area contributed by atoms with E-state index in [1.807, 2.05) is 0 Å². The number of methoxy groups -OCH3 is 2. The molecular weight excluding hydrogens is 1110 g/mol. The second-order valence-corrected chi connectivity index (χ2v) is 23.4. The maximum absolute atomic E-state index is 15.4. The summed E-state index contributed by atoms with van der Waals surface area (Å²) < 4.78 is 72.5. The molecule has 5 aliphatic heterocycles. The Morgan fingerprint density at radius 2 is 1.21 bits per heavy atom. The molecule has 0 unspecified atom stereocenters. The highest BCUT2D eigenvalue weighted by Crippen LogP contribution is 2.47. The number of hydrogen-bond donors (Lipinski definition) is 10. The maximum atomic E-state index is 15.4. The van der Waals surface area contributed by atoms with Crippen molar-refractivity contribution in [2.24, 2.45) is 5.92 Å². The van der Waals surface area contributed by atoms with Crippen molar-refractivity contribution in [2.45, 2.75) is 234 Å². The topological polar surface area (TPSA) is 356 Å². The number of hydrogen-bond acceptors (Lipinski definition) is 24. The zero-order valence-corrected chi connectivity index (χ0v) is 48.4. The molecule has 3 aromatic carbocycles. The van der Waals surface area contributed by atoms with Crippen LogP contribution in [0.5, 0.6) is 17.2 Å². The fourth-order valence-electron chi connectivity index (χ4n) is 12.4. The average molecular weight is 1190 g/mol. The Hall–Kier alpha value is -4.75. The van der Waals surface area contributed by atoms with Crippen molar-refractivity contribution in [1.29, 1.82) is 0 Å². The van der Waals surface area contributed by atoms with Gasteiger partial charge in [-0.15, -0.1) is 0 Å². The van der Waals surface area contributed by atoms with Crippen LogP contribution in [0.4, 0.5) is 0 Å². The molecule has 5 heterocycles. The predicted octanol–water partition coefficient (Wildman–Crippen LogP) is 1.34. The first-order chi connectivity index (χ1) is 39.8. The fourth-order valence-corrected chi connectivity index (χ4v) is 12.4. The van der Waals surface area contributed by atoms with Gasteiger partial charge in [0.25, 0.3) is 0 Å². The molecule has 0 bridgehead atoms. The van der Waals surface area contributed by atoms with Crippen molar-refractivity contribution in [3.8, 4) is 17.2 Å². The first-order valence-corrected chi connectivity index (χ1v) is 28.6. The summed E-state index contributed by atoms with van der Waals surface area (Å²) in [6.07, 6.45) is -23.5. The van der Waals surface area contributed by atoms with E-state index in [0.717, 1.165) is 0 Å². The molecule has 0 radical (unpaired) electrons. The number of aromatic hydroxyl groups is 2. The number of phenols is 2. The predicted molar refractivity (Wildman–Crippen MR) is 290 cm³/mol. The molecule has 9 rings (SSSR count). The summed E-state index contributed by atoms with van der Waals surface area (Å²) in [5, 5.41) is 103. The molecular formula is C59H81NO24. The molecule has 1 aliphatic carbocycles. The zero-order chi connectivity index (χ0) is 60.8. The standard InChI is InChI=1S/C59H81NO24/c1-24-36(80-41-20-37(49(64)26(3)76-41)81-40-19-35(61)48(63)25(2)75-40)18-32-16-31-17-33(55(73-8)57(70)60-34(58(71)74-9)15-30-13-11-10-12-14-30)54(53(68)46(31)52(67)45(32)47(24)62)84-43-22-38(50(65)28(5)78-43)82-42-21-39(51(66)27(4)77-42)83-44-23-59(7,72)56(69)29(6)79-44/h10-14,16,18,25-29,33-35,37-44,48-51,54-56,61-67,69,72H,15,17,19-23H2,1-9H3,(H,60,70)/t25-,26-,27-,28-,29-,33-,34+,35-,37-,38-,39-,40+,41+,42+,43+,44+,48-,49-,50-,51+,54+,55+,56-,59+/m1/s1. The minimum absolute atomic E-state index is 0.0320. The van der Waals surface area contributed by atoms with E-state index in [1.165, 1.54) is 34.1 Å². The number of nitrogens with one attached hydrogen (secondary N) is 1. The second kappa shape index (κ2) is 26.3. The van der Waals surface area contributed by atoms with Gasteiger partial charge in [0, 0.05) is 57.1 Å². The van der Waals surface area contributed by atoms with Crippen LogP contribution in [0, 0.1) is 12.8 Å². The lowest BCUT2D eigenvalue weighted by Crippen LogP contribution is -2.58. The quantitative estimate of drug-likeness (QED) is 0.0853. The van der Waals surface area contributed by atoms with Crippen LogP contribution in [-0.4, -0.2) is 219 Å².